The van der Waals surface area contributed by atoms with E-state index in [0.29, 0.717) is 0 Å². The minimum Gasteiger partial charge on any atom is -0.398 e. The molecule has 2 N–H and O–H groups in total. The molecule has 0 saturated heterocycles. The fraction of sp³-hybridized carbons (Fsp3) is 0.429. The minimum atomic E-state index is -3.84. The number of anilines is 1. The van der Waals surface area contributed by atoms with E-state index < -0.39 is 21.4 Å². The van der Waals surface area contributed by atoms with Gasteiger partial charge >= 0.3 is 0 Å². The van der Waals surface area contributed by atoms with Crippen LogP contribution < -0.4 is 5.73 Å². The fourth-order valence-corrected chi connectivity index (χ4v) is 3.61. The summed E-state index contributed by atoms with van der Waals surface area (Å²) in [7, 11) is -3.84. The number of hydrogen-bond acceptors (Lipinski definition) is 3. The zero-order valence-corrected chi connectivity index (χ0v) is 13.1. The molecule has 6 heteroatoms. The third-order valence-electron chi connectivity index (χ3n) is 2.99. The van der Waals surface area contributed by atoms with E-state index in [4.69, 9.17) is 5.73 Å². The smallest absolute Gasteiger partial charge is 0.244 e. The molecule has 0 aliphatic heterocycles. The van der Waals surface area contributed by atoms with Gasteiger partial charge in [0.1, 0.15) is 5.82 Å². The Morgan fingerprint density at radius 1 is 1.40 bits per heavy atom. The highest BCUT2D eigenvalue weighted by molar-refractivity contribution is 7.89. The van der Waals surface area contributed by atoms with Crippen molar-refractivity contribution in [2.24, 2.45) is 0 Å². The highest BCUT2D eigenvalue weighted by atomic mass is 32.2. The zero-order chi connectivity index (χ0) is 15.7. The van der Waals surface area contributed by atoms with Gasteiger partial charge < -0.3 is 5.73 Å². The Morgan fingerprint density at radius 2 is 1.95 bits per heavy atom. The molecule has 0 heterocycles. The van der Waals surface area contributed by atoms with Gasteiger partial charge in [0.05, 0.1) is 4.90 Å². The van der Waals surface area contributed by atoms with Crippen molar-refractivity contribution in [2.75, 3.05) is 12.3 Å². The molecule has 0 aromatic heterocycles. The van der Waals surface area contributed by atoms with Crippen molar-refractivity contribution in [3.05, 3.63) is 36.2 Å². The van der Waals surface area contributed by atoms with E-state index in [9.17, 15) is 12.8 Å². The van der Waals surface area contributed by atoms with Crippen LogP contribution in [-0.2, 0) is 10.0 Å². The minimum absolute atomic E-state index is 0.121. The quantitative estimate of drug-likeness (QED) is 0.687. The molecule has 0 amide bonds. The molecule has 0 atom stereocenters. The van der Waals surface area contributed by atoms with E-state index >= 15 is 0 Å². The Labute approximate surface area is 120 Å². The van der Waals surface area contributed by atoms with Crippen LogP contribution in [0.3, 0.4) is 0 Å². The van der Waals surface area contributed by atoms with Gasteiger partial charge in [-0.15, -0.1) is 6.58 Å². The fourth-order valence-electron chi connectivity index (χ4n) is 1.80. The first-order valence-electron chi connectivity index (χ1n) is 6.21. The normalized spacial score (nSPS) is 12.7. The molecule has 0 spiro atoms. The lowest BCUT2D eigenvalue weighted by Crippen LogP contribution is -2.45. The molecule has 0 unspecified atom stereocenters. The Kier molecular flexibility index (Phi) is 4.61. The third kappa shape index (κ3) is 3.19. The number of nitrogens with two attached hydrogens (primary N) is 1. The van der Waals surface area contributed by atoms with E-state index in [0.717, 1.165) is 6.07 Å². The van der Waals surface area contributed by atoms with E-state index in [1.54, 1.807) is 20.8 Å². The lowest BCUT2D eigenvalue weighted by Gasteiger charge is -2.33. The predicted octanol–water partition coefficient (Wildman–Crippen LogP) is 2.69. The van der Waals surface area contributed by atoms with Gasteiger partial charge in [0, 0.05) is 23.3 Å². The molecule has 0 saturated carbocycles. The van der Waals surface area contributed by atoms with Gasteiger partial charge in [-0.3, -0.25) is 0 Å². The SMILES string of the molecule is C=CCN(C(C)(C)C)S(=O)(=O)c1cc(N)c(C)c(F)c1. The number of nitrogen functional groups attached to an aromatic ring is 1. The first kappa shape index (κ1) is 16.7. The molecule has 1 aromatic rings. The second kappa shape index (κ2) is 5.54. The molecule has 0 fully saturated rings. The van der Waals surface area contributed by atoms with Crippen molar-refractivity contribution in [2.45, 2.75) is 38.1 Å². The van der Waals surface area contributed by atoms with Gasteiger partial charge in [-0.1, -0.05) is 6.08 Å². The molecule has 0 bridgehead atoms. The van der Waals surface area contributed by atoms with Crippen LogP contribution in [-0.4, -0.2) is 24.8 Å². The van der Waals surface area contributed by atoms with Crippen molar-refractivity contribution in [1.29, 1.82) is 0 Å². The maximum absolute atomic E-state index is 13.7. The van der Waals surface area contributed by atoms with Gasteiger partial charge in [-0.25, -0.2) is 12.8 Å². The summed E-state index contributed by atoms with van der Waals surface area (Å²) in [6.45, 7) is 10.5. The van der Waals surface area contributed by atoms with Crippen molar-refractivity contribution in [3.63, 3.8) is 0 Å². The molecular formula is C14H21FN2O2S. The molecule has 0 radical (unpaired) electrons. The third-order valence-corrected chi connectivity index (χ3v) is 5.10. The average Bonchev–Trinajstić information content (AvgIpc) is 2.30. The van der Waals surface area contributed by atoms with Crippen molar-refractivity contribution >= 4 is 15.7 Å². The standard InChI is InChI=1S/C14H21FN2O2S/c1-6-7-17(14(3,4)5)20(18,19)11-8-12(15)10(2)13(16)9-11/h6,8-9H,1,7,16H2,2-5H3. The van der Waals surface area contributed by atoms with Crippen molar-refractivity contribution in [1.82, 2.24) is 4.31 Å². The average molecular weight is 300 g/mol. The van der Waals surface area contributed by atoms with Gasteiger partial charge in [0.25, 0.3) is 0 Å². The lowest BCUT2D eigenvalue weighted by atomic mass is 10.1. The number of benzene rings is 1. The van der Waals surface area contributed by atoms with Crippen LogP contribution in [0.1, 0.15) is 26.3 Å². The second-order valence-corrected chi connectivity index (χ2v) is 7.48. The highest BCUT2D eigenvalue weighted by Crippen LogP contribution is 2.27. The van der Waals surface area contributed by atoms with E-state index in [2.05, 4.69) is 6.58 Å². The molecule has 4 nitrogen and oxygen atoms in total. The highest BCUT2D eigenvalue weighted by Gasteiger charge is 2.33. The zero-order valence-electron chi connectivity index (χ0n) is 12.3. The van der Waals surface area contributed by atoms with E-state index in [1.807, 2.05) is 0 Å². The Morgan fingerprint density at radius 3 is 2.35 bits per heavy atom. The topological polar surface area (TPSA) is 63.4 Å². The maximum Gasteiger partial charge on any atom is 0.244 e. The molecule has 0 aliphatic rings. The van der Waals surface area contributed by atoms with Crippen LogP contribution in [0, 0.1) is 12.7 Å². The lowest BCUT2D eigenvalue weighted by molar-refractivity contribution is 0.270. The van der Waals surface area contributed by atoms with Crippen LogP contribution in [0.15, 0.2) is 29.7 Å². The van der Waals surface area contributed by atoms with E-state index in [-0.39, 0.29) is 22.7 Å². The number of sulfonamides is 1. The number of nitrogens with zero attached hydrogens (tertiary/aromatic N) is 1. The van der Waals surface area contributed by atoms with E-state index in [1.165, 1.54) is 23.4 Å². The first-order chi connectivity index (χ1) is 9.01. The van der Waals surface area contributed by atoms with Crippen LogP contribution in [0.2, 0.25) is 0 Å². The molecule has 0 aliphatic carbocycles. The summed E-state index contributed by atoms with van der Waals surface area (Å²) in [5.74, 6) is -0.629. The Bertz CT molecular complexity index is 596. The largest absolute Gasteiger partial charge is 0.398 e. The molecular weight excluding hydrogens is 279 g/mol. The van der Waals surface area contributed by atoms with Crippen LogP contribution >= 0.6 is 0 Å². The molecule has 1 rings (SSSR count). The van der Waals surface area contributed by atoms with Crippen molar-refractivity contribution < 1.29 is 12.8 Å². The van der Waals surface area contributed by atoms with Gasteiger partial charge in [-0.05, 0) is 39.8 Å². The maximum atomic E-state index is 13.7. The van der Waals surface area contributed by atoms with Crippen molar-refractivity contribution in [3.8, 4) is 0 Å². The number of halogens is 1. The summed E-state index contributed by atoms with van der Waals surface area (Å²) in [4.78, 5) is -0.144. The number of hydrogen-bond donors (Lipinski definition) is 1. The Hall–Kier alpha value is -1.40. The number of rotatable bonds is 4. The molecule has 112 valence electrons. The summed E-state index contributed by atoms with van der Waals surface area (Å²) in [5.41, 5.74) is 5.38. The summed E-state index contributed by atoms with van der Waals surface area (Å²) >= 11 is 0. The summed E-state index contributed by atoms with van der Waals surface area (Å²) in [6, 6.07) is 2.29. The van der Waals surface area contributed by atoms with Gasteiger partial charge in [0.2, 0.25) is 10.0 Å². The van der Waals surface area contributed by atoms with Gasteiger partial charge in [-0.2, -0.15) is 4.31 Å². The van der Waals surface area contributed by atoms with Gasteiger partial charge in [0.15, 0.2) is 0 Å². The van der Waals surface area contributed by atoms with Crippen LogP contribution in [0.4, 0.5) is 10.1 Å². The monoisotopic (exact) mass is 300 g/mol. The van der Waals surface area contributed by atoms with Crippen LogP contribution in [0.25, 0.3) is 0 Å². The summed E-state index contributed by atoms with van der Waals surface area (Å²) in [6.07, 6.45) is 1.50. The summed E-state index contributed by atoms with van der Waals surface area (Å²) in [5, 5.41) is 0. The summed E-state index contributed by atoms with van der Waals surface area (Å²) < 4.78 is 40.3. The predicted molar refractivity (Wildman–Crippen MR) is 79.4 cm³/mol. The molecule has 20 heavy (non-hydrogen) atoms. The van der Waals surface area contributed by atoms with Crippen LogP contribution in [0.5, 0.6) is 0 Å². The first-order valence-corrected chi connectivity index (χ1v) is 7.65. The second-order valence-electron chi connectivity index (χ2n) is 5.61. The molecule has 1 aromatic carbocycles. The Balaban J connectivity index is 3.45.